The number of rotatable bonds is 6. The van der Waals surface area contributed by atoms with Crippen molar-refractivity contribution in [3.8, 4) is 5.82 Å². The summed E-state index contributed by atoms with van der Waals surface area (Å²) in [7, 11) is 2.15. The normalized spacial score (nSPS) is 20.1. The van der Waals surface area contributed by atoms with Gasteiger partial charge in [-0.3, -0.25) is 4.79 Å². The standard InChI is InChI=1S/C30H34N8O2/c1-3-13-37-28(40)23-19-31-29(32-21-6-8-22(9-7-21)36-16-14-35(2)15-17-36)34-27(23)38(37)24-10-5-20-18-30(11-4-12-30)26(39)25(20)33-24/h3,5-10,19,26,39H,1,4,11-18H2,2H3,(H,31,32,34). The molecule has 0 amide bonds. The quantitative estimate of drug-likeness (QED) is 0.360. The van der Waals surface area contributed by atoms with Crippen LogP contribution in [0, 0.1) is 5.41 Å². The summed E-state index contributed by atoms with van der Waals surface area (Å²) in [4.78, 5) is 32.2. The number of fused-ring (bicyclic) bond motifs is 2. The summed E-state index contributed by atoms with van der Waals surface area (Å²) in [5, 5.41) is 14.8. The van der Waals surface area contributed by atoms with Crippen LogP contribution in [0.5, 0.6) is 0 Å². The van der Waals surface area contributed by atoms with E-state index < -0.39 is 6.10 Å². The van der Waals surface area contributed by atoms with Crippen LogP contribution in [-0.4, -0.2) is 67.5 Å². The molecule has 1 saturated carbocycles. The number of aliphatic hydroxyl groups is 1. The molecule has 206 valence electrons. The number of anilines is 3. The van der Waals surface area contributed by atoms with Gasteiger partial charge in [0.15, 0.2) is 11.5 Å². The topological polar surface area (TPSA) is 104 Å². The summed E-state index contributed by atoms with van der Waals surface area (Å²) in [6.45, 7) is 8.26. The van der Waals surface area contributed by atoms with Gasteiger partial charge in [-0.05, 0) is 62.2 Å². The van der Waals surface area contributed by atoms with Crippen molar-refractivity contribution in [2.24, 2.45) is 5.41 Å². The Labute approximate surface area is 232 Å². The molecule has 3 aliphatic rings. The summed E-state index contributed by atoms with van der Waals surface area (Å²) in [5.74, 6) is 0.934. The molecule has 40 heavy (non-hydrogen) atoms. The van der Waals surface area contributed by atoms with Gasteiger partial charge in [0.1, 0.15) is 11.5 Å². The predicted molar refractivity (Wildman–Crippen MR) is 155 cm³/mol. The molecule has 10 heteroatoms. The number of benzene rings is 1. The lowest BCUT2D eigenvalue weighted by atomic mass is 9.65. The van der Waals surface area contributed by atoms with Crippen LogP contribution in [-0.2, 0) is 13.0 Å². The Bertz CT molecular complexity index is 1640. The van der Waals surface area contributed by atoms with Crippen LogP contribution in [0.1, 0.15) is 36.6 Å². The summed E-state index contributed by atoms with van der Waals surface area (Å²) in [6.07, 6.45) is 6.69. The maximum Gasteiger partial charge on any atom is 0.278 e. The van der Waals surface area contributed by atoms with E-state index in [0.717, 1.165) is 63.1 Å². The van der Waals surface area contributed by atoms with Crippen LogP contribution in [0.25, 0.3) is 16.9 Å². The van der Waals surface area contributed by atoms with Gasteiger partial charge in [-0.1, -0.05) is 18.6 Å². The third-order valence-corrected chi connectivity index (χ3v) is 8.91. The third-order valence-electron chi connectivity index (χ3n) is 8.91. The minimum atomic E-state index is -0.585. The van der Waals surface area contributed by atoms with E-state index in [1.807, 2.05) is 24.3 Å². The number of nitrogens with zero attached hydrogens (tertiary/aromatic N) is 7. The van der Waals surface area contributed by atoms with Crippen LogP contribution >= 0.6 is 0 Å². The molecule has 2 aliphatic carbocycles. The Kier molecular flexibility index (Phi) is 5.97. The fourth-order valence-corrected chi connectivity index (χ4v) is 6.40. The number of aliphatic hydroxyl groups excluding tert-OH is 1. The summed E-state index contributed by atoms with van der Waals surface area (Å²) < 4.78 is 3.29. The summed E-state index contributed by atoms with van der Waals surface area (Å²) in [5.41, 5.74) is 4.02. The molecule has 4 aromatic rings. The zero-order valence-electron chi connectivity index (χ0n) is 22.8. The average Bonchev–Trinajstić information content (AvgIpc) is 3.40. The van der Waals surface area contributed by atoms with Gasteiger partial charge in [0.25, 0.3) is 5.56 Å². The van der Waals surface area contributed by atoms with Crippen molar-refractivity contribution in [3.05, 3.63) is 76.9 Å². The van der Waals surface area contributed by atoms with Crippen molar-refractivity contribution < 1.29 is 5.11 Å². The first-order valence-corrected chi connectivity index (χ1v) is 14.0. The fourth-order valence-electron chi connectivity index (χ4n) is 6.40. The molecule has 10 nitrogen and oxygen atoms in total. The lowest BCUT2D eigenvalue weighted by molar-refractivity contribution is -0.0233. The highest BCUT2D eigenvalue weighted by molar-refractivity contribution is 5.77. The molecule has 1 saturated heterocycles. The minimum absolute atomic E-state index is 0.0767. The molecule has 3 aromatic heterocycles. The molecule has 1 aromatic carbocycles. The second-order valence-electron chi connectivity index (χ2n) is 11.4. The van der Waals surface area contributed by atoms with Crippen molar-refractivity contribution >= 4 is 28.4 Å². The highest BCUT2D eigenvalue weighted by atomic mass is 16.3. The van der Waals surface area contributed by atoms with Crippen LogP contribution in [0.2, 0.25) is 0 Å². The molecular formula is C30H34N8O2. The van der Waals surface area contributed by atoms with Gasteiger partial charge in [-0.25, -0.2) is 19.3 Å². The van der Waals surface area contributed by atoms with Gasteiger partial charge in [0.05, 0.1) is 12.2 Å². The second-order valence-corrected chi connectivity index (χ2v) is 11.4. The van der Waals surface area contributed by atoms with Gasteiger partial charge in [0, 0.05) is 49.2 Å². The van der Waals surface area contributed by atoms with E-state index in [-0.39, 0.29) is 17.5 Å². The van der Waals surface area contributed by atoms with Crippen molar-refractivity contribution in [2.75, 3.05) is 43.4 Å². The van der Waals surface area contributed by atoms with Crippen molar-refractivity contribution in [3.63, 3.8) is 0 Å². The molecule has 0 radical (unpaired) electrons. The zero-order chi connectivity index (χ0) is 27.4. The first-order valence-electron chi connectivity index (χ1n) is 14.0. The first kappa shape index (κ1) is 25.0. The summed E-state index contributed by atoms with van der Waals surface area (Å²) >= 11 is 0. The molecule has 1 unspecified atom stereocenters. The van der Waals surface area contributed by atoms with Gasteiger partial charge in [-0.15, -0.1) is 6.58 Å². The molecule has 0 bridgehead atoms. The predicted octanol–water partition coefficient (Wildman–Crippen LogP) is 3.42. The van der Waals surface area contributed by atoms with Crippen LogP contribution in [0.3, 0.4) is 0 Å². The van der Waals surface area contributed by atoms with E-state index >= 15 is 0 Å². The van der Waals surface area contributed by atoms with Gasteiger partial charge in [0.2, 0.25) is 5.95 Å². The molecule has 7 rings (SSSR count). The smallest absolute Gasteiger partial charge is 0.278 e. The molecule has 2 N–H and O–H groups in total. The van der Waals surface area contributed by atoms with E-state index in [1.165, 1.54) is 5.69 Å². The Hall–Kier alpha value is -4.02. The van der Waals surface area contributed by atoms with E-state index in [9.17, 15) is 9.90 Å². The Morgan fingerprint density at radius 3 is 2.58 bits per heavy atom. The number of likely N-dealkylation sites (N-methyl/N-ethyl adjacent to an activating group) is 1. The molecule has 4 heterocycles. The molecule has 1 aliphatic heterocycles. The van der Waals surface area contributed by atoms with E-state index in [1.54, 1.807) is 21.6 Å². The number of piperazine rings is 1. The average molecular weight is 539 g/mol. The van der Waals surface area contributed by atoms with Crippen LogP contribution in [0.4, 0.5) is 17.3 Å². The lowest BCUT2D eigenvalue weighted by Crippen LogP contribution is -2.44. The maximum absolute atomic E-state index is 13.4. The highest BCUT2D eigenvalue weighted by Crippen LogP contribution is 2.57. The van der Waals surface area contributed by atoms with Crippen LogP contribution in [0.15, 0.2) is 60.0 Å². The molecule has 1 atom stereocenters. The number of nitrogens with one attached hydrogen (secondary N) is 1. The Morgan fingerprint density at radius 2 is 1.88 bits per heavy atom. The molecule has 1 spiro atoms. The first-order chi connectivity index (χ1) is 19.5. The number of allylic oxidation sites excluding steroid dienone is 1. The SMILES string of the molecule is C=CCn1c(=O)c2cnc(Nc3ccc(N4CCN(C)CC4)cc3)nc2n1-c1ccc2c(n1)C(O)C1(CCC1)C2. The van der Waals surface area contributed by atoms with Crippen LogP contribution < -0.4 is 15.8 Å². The van der Waals surface area contributed by atoms with Gasteiger partial charge < -0.3 is 20.2 Å². The Balaban J connectivity index is 1.23. The van der Waals surface area contributed by atoms with Crippen molar-refractivity contribution in [2.45, 2.75) is 38.3 Å². The second kappa shape index (κ2) is 9.57. The Morgan fingerprint density at radius 1 is 1.10 bits per heavy atom. The largest absolute Gasteiger partial charge is 0.386 e. The highest BCUT2D eigenvalue weighted by Gasteiger charge is 2.50. The van der Waals surface area contributed by atoms with E-state index in [0.29, 0.717) is 28.5 Å². The van der Waals surface area contributed by atoms with Gasteiger partial charge >= 0.3 is 0 Å². The van der Waals surface area contributed by atoms with E-state index in [4.69, 9.17) is 9.97 Å². The van der Waals surface area contributed by atoms with Gasteiger partial charge in [-0.2, -0.15) is 4.98 Å². The lowest BCUT2D eigenvalue weighted by Gasteiger charge is -2.40. The summed E-state index contributed by atoms with van der Waals surface area (Å²) in [6, 6.07) is 12.2. The number of pyridine rings is 1. The fraction of sp³-hybridized carbons (Fsp3) is 0.400. The monoisotopic (exact) mass is 538 g/mol. The number of hydrogen-bond acceptors (Lipinski definition) is 8. The molecular weight excluding hydrogens is 504 g/mol. The maximum atomic E-state index is 13.4. The number of hydrogen-bond donors (Lipinski definition) is 2. The third kappa shape index (κ3) is 4.01. The zero-order valence-corrected chi connectivity index (χ0v) is 22.8. The minimum Gasteiger partial charge on any atom is -0.386 e. The van der Waals surface area contributed by atoms with E-state index in [2.05, 4.69) is 45.9 Å². The number of aromatic nitrogens is 5. The van der Waals surface area contributed by atoms with Crippen molar-refractivity contribution in [1.82, 2.24) is 29.2 Å². The van der Waals surface area contributed by atoms with Crippen molar-refractivity contribution in [1.29, 1.82) is 0 Å². The molecule has 2 fully saturated rings.